The molecule has 16 heavy (non-hydrogen) atoms. The molecule has 0 spiro atoms. The lowest BCUT2D eigenvalue weighted by atomic mass is 10.1. The van der Waals surface area contributed by atoms with Crippen LogP contribution in [0.3, 0.4) is 0 Å². The lowest BCUT2D eigenvalue weighted by Crippen LogP contribution is -1.96. The molecule has 0 saturated carbocycles. The highest BCUT2D eigenvalue weighted by atomic mass is 79.9. The first kappa shape index (κ1) is 12.8. The molecular weight excluding hydrogens is 266 g/mol. The Morgan fingerprint density at radius 3 is 2.62 bits per heavy atom. The monoisotopic (exact) mass is 279 g/mol. The van der Waals surface area contributed by atoms with Crippen LogP contribution < -0.4 is 0 Å². The average Bonchev–Trinajstić information content (AvgIpc) is 2.31. The van der Waals surface area contributed by atoms with Gasteiger partial charge in [-0.2, -0.15) is 0 Å². The number of rotatable bonds is 3. The molecule has 0 aliphatic carbocycles. The van der Waals surface area contributed by atoms with E-state index < -0.39 is 0 Å². The van der Waals surface area contributed by atoms with Gasteiger partial charge >= 0.3 is 0 Å². The molecule has 3 heteroatoms. The predicted molar refractivity (Wildman–Crippen MR) is 69.8 cm³/mol. The molecule has 0 radical (unpaired) electrons. The Labute approximate surface area is 104 Å². The van der Waals surface area contributed by atoms with Gasteiger partial charge in [0.05, 0.1) is 0 Å². The molecule has 1 rings (SSSR count). The number of halogens is 1. The first-order chi connectivity index (χ1) is 7.77. The van der Waals surface area contributed by atoms with Crippen molar-refractivity contribution in [3.8, 4) is 11.8 Å². The van der Waals surface area contributed by atoms with E-state index in [0.29, 0.717) is 5.71 Å². The van der Waals surface area contributed by atoms with Gasteiger partial charge in [0.25, 0.3) is 0 Å². The van der Waals surface area contributed by atoms with Crippen molar-refractivity contribution in [3.63, 3.8) is 0 Å². The molecule has 0 saturated heterocycles. The minimum Gasteiger partial charge on any atom is -0.410 e. The number of hydrogen-bond acceptors (Lipinski definition) is 2. The summed E-state index contributed by atoms with van der Waals surface area (Å²) in [6, 6.07) is 7.53. The summed E-state index contributed by atoms with van der Waals surface area (Å²) in [5.41, 5.74) is 1.25. The second-order valence-electron chi connectivity index (χ2n) is 3.36. The fraction of sp³-hybridized carbons (Fsp3) is 0.308. The largest absolute Gasteiger partial charge is 0.410 e. The van der Waals surface area contributed by atoms with E-state index in [0.717, 1.165) is 29.3 Å². The number of nitrogens with zero attached hydrogens (tertiary/aromatic N) is 1. The van der Waals surface area contributed by atoms with Crippen molar-refractivity contribution in [1.29, 1.82) is 0 Å². The molecule has 1 aromatic rings. The fourth-order valence-electron chi connectivity index (χ4n) is 1.17. The summed E-state index contributed by atoms with van der Waals surface area (Å²) < 4.78 is 0.993. The molecule has 0 amide bonds. The number of unbranched alkanes of at least 4 members (excludes halogenated alkanes) is 2. The Balaban J connectivity index is 2.74. The molecule has 0 aliphatic heterocycles. The van der Waals surface area contributed by atoms with Crippen molar-refractivity contribution in [1.82, 2.24) is 0 Å². The third-order valence-electron chi connectivity index (χ3n) is 2.08. The molecule has 0 fully saturated rings. The van der Waals surface area contributed by atoms with Crippen LogP contribution in [0.15, 0.2) is 33.9 Å². The standard InChI is InChI=1S/C13H14BrNO/c1-2-3-4-5-6-13(15-16)11-7-9-12(14)10-8-11/h7-10,16H,2-4H2,1H3/b15-13+. The summed E-state index contributed by atoms with van der Waals surface area (Å²) in [5, 5.41) is 12.1. The normalized spacial score (nSPS) is 10.8. The van der Waals surface area contributed by atoms with Crippen molar-refractivity contribution >= 4 is 21.6 Å². The average molecular weight is 280 g/mol. The topological polar surface area (TPSA) is 32.6 Å². The number of oxime groups is 1. The quantitative estimate of drug-likeness (QED) is 0.295. The summed E-state index contributed by atoms with van der Waals surface area (Å²) in [6.45, 7) is 2.12. The van der Waals surface area contributed by atoms with Crippen LogP contribution in [0, 0.1) is 11.8 Å². The van der Waals surface area contributed by atoms with E-state index in [2.05, 4.69) is 39.9 Å². The maximum absolute atomic E-state index is 8.88. The Bertz CT molecular complexity index is 412. The minimum atomic E-state index is 0.420. The molecule has 0 aromatic heterocycles. The molecule has 84 valence electrons. The van der Waals surface area contributed by atoms with Crippen LogP contribution >= 0.6 is 15.9 Å². The van der Waals surface area contributed by atoms with E-state index in [1.807, 2.05) is 24.3 Å². The highest BCUT2D eigenvalue weighted by Gasteiger charge is 1.99. The Morgan fingerprint density at radius 2 is 2.06 bits per heavy atom. The summed E-state index contributed by atoms with van der Waals surface area (Å²) in [5.74, 6) is 5.87. The van der Waals surface area contributed by atoms with E-state index in [9.17, 15) is 0 Å². The zero-order chi connectivity index (χ0) is 11.8. The van der Waals surface area contributed by atoms with E-state index in [-0.39, 0.29) is 0 Å². The SMILES string of the molecule is CCCCC#C/C(=N\O)c1ccc(Br)cc1. The van der Waals surface area contributed by atoms with Gasteiger partial charge in [0.1, 0.15) is 0 Å². The van der Waals surface area contributed by atoms with Gasteiger partial charge in [-0.05, 0) is 24.5 Å². The first-order valence-corrected chi connectivity index (χ1v) is 6.04. The molecule has 1 aromatic carbocycles. The third kappa shape index (κ3) is 4.08. The van der Waals surface area contributed by atoms with Crippen LogP contribution in [-0.2, 0) is 0 Å². The van der Waals surface area contributed by atoms with Crippen LogP contribution in [-0.4, -0.2) is 10.9 Å². The second kappa shape index (κ2) is 7.08. The van der Waals surface area contributed by atoms with Gasteiger partial charge < -0.3 is 5.21 Å². The first-order valence-electron chi connectivity index (χ1n) is 5.24. The minimum absolute atomic E-state index is 0.420. The van der Waals surface area contributed by atoms with Gasteiger partial charge in [-0.15, -0.1) is 0 Å². The van der Waals surface area contributed by atoms with Crippen molar-refractivity contribution in [2.75, 3.05) is 0 Å². The smallest absolute Gasteiger partial charge is 0.159 e. The molecule has 0 heterocycles. The Kier molecular flexibility index (Phi) is 5.66. The van der Waals surface area contributed by atoms with E-state index in [1.165, 1.54) is 0 Å². The van der Waals surface area contributed by atoms with Crippen molar-refractivity contribution < 1.29 is 5.21 Å². The molecule has 0 bridgehead atoms. The van der Waals surface area contributed by atoms with Crippen LogP contribution in [0.5, 0.6) is 0 Å². The Morgan fingerprint density at radius 1 is 1.38 bits per heavy atom. The van der Waals surface area contributed by atoms with Crippen LogP contribution in [0.25, 0.3) is 0 Å². The van der Waals surface area contributed by atoms with E-state index in [1.54, 1.807) is 0 Å². The van der Waals surface area contributed by atoms with Gasteiger partial charge in [0.2, 0.25) is 0 Å². The molecule has 1 N–H and O–H groups in total. The van der Waals surface area contributed by atoms with Crippen molar-refractivity contribution in [2.45, 2.75) is 26.2 Å². The highest BCUT2D eigenvalue weighted by Crippen LogP contribution is 2.11. The maximum Gasteiger partial charge on any atom is 0.159 e. The maximum atomic E-state index is 8.88. The summed E-state index contributed by atoms with van der Waals surface area (Å²) in [6.07, 6.45) is 3.04. The second-order valence-corrected chi connectivity index (χ2v) is 4.28. The molecule has 0 atom stereocenters. The van der Waals surface area contributed by atoms with E-state index in [4.69, 9.17) is 5.21 Å². The van der Waals surface area contributed by atoms with Gasteiger partial charge in [-0.1, -0.05) is 52.5 Å². The zero-order valence-corrected chi connectivity index (χ0v) is 10.8. The summed E-state index contributed by atoms with van der Waals surface area (Å²) in [4.78, 5) is 0. The van der Waals surface area contributed by atoms with Gasteiger partial charge in [0.15, 0.2) is 5.71 Å². The number of hydrogen-bond donors (Lipinski definition) is 1. The molecule has 2 nitrogen and oxygen atoms in total. The lowest BCUT2D eigenvalue weighted by molar-refractivity contribution is 0.320. The van der Waals surface area contributed by atoms with Gasteiger partial charge in [-0.25, -0.2) is 0 Å². The van der Waals surface area contributed by atoms with Gasteiger partial charge in [0, 0.05) is 16.5 Å². The van der Waals surface area contributed by atoms with Gasteiger partial charge in [-0.3, -0.25) is 0 Å². The van der Waals surface area contributed by atoms with Crippen LogP contribution in [0.2, 0.25) is 0 Å². The van der Waals surface area contributed by atoms with Crippen LogP contribution in [0.1, 0.15) is 31.7 Å². The summed E-state index contributed by atoms with van der Waals surface area (Å²) >= 11 is 3.35. The Hall–Kier alpha value is -1.27. The number of benzene rings is 1. The summed E-state index contributed by atoms with van der Waals surface area (Å²) in [7, 11) is 0. The van der Waals surface area contributed by atoms with Crippen LogP contribution in [0.4, 0.5) is 0 Å². The van der Waals surface area contributed by atoms with Crippen molar-refractivity contribution in [3.05, 3.63) is 34.3 Å². The fourth-order valence-corrected chi connectivity index (χ4v) is 1.44. The highest BCUT2D eigenvalue weighted by molar-refractivity contribution is 9.10. The zero-order valence-electron chi connectivity index (χ0n) is 9.20. The predicted octanol–water partition coefficient (Wildman–Crippen LogP) is 3.82. The van der Waals surface area contributed by atoms with Crippen molar-refractivity contribution in [2.24, 2.45) is 5.16 Å². The molecule has 0 unspecified atom stereocenters. The molecule has 0 aliphatic rings. The van der Waals surface area contributed by atoms with E-state index >= 15 is 0 Å². The molecular formula is C13H14BrNO. The lowest BCUT2D eigenvalue weighted by Gasteiger charge is -1.96. The third-order valence-corrected chi connectivity index (χ3v) is 2.61.